The third kappa shape index (κ3) is 2.53. The zero-order valence-corrected chi connectivity index (χ0v) is 10.6. The lowest BCUT2D eigenvalue weighted by Crippen LogP contribution is -2.08. The van der Waals surface area contributed by atoms with Crippen LogP contribution < -0.4 is 0 Å². The molecule has 0 amide bonds. The van der Waals surface area contributed by atoms with Crippen molar-refractivity contribution in [3.63, 3.8) is 0 Å². The molecule has 0 aliphatic heterocycles. The molecule has 1 atom stereocenters. The second-order valence-electron chi connectivity index (χ2n) is 4.83. The molecule has 2 aromatic rings. The van der Waals surface area contributed by atoms with Gasteiger partial charge in [-0.25, -0.2) is 4.39 Å². The van der Waals surface area contributed by atoms with Crippen LogP contribution in [0.15, 0.2) is 48.5 Å². The summed E-state index contributed by atoms with van der Waals surface area (Å²) in [5, 5.41) is 9.97. The number of hydrogen-bond donors (Lipinski definition) is 1. The molecule has 0 saturated carbocycles. The summed E-state index contributed by atoms with van der Waals surface area (Å²) in [6.07, 6.45) is 0. The van der Waals surface area contributed by atoms with Crippen LogP contribution in [0.5, 0.6) is 5.75 Å². The molecule has 0 saturated heterocycles. The number of phenols is 1. The smallest absolute Gasteiger partial charge is 0.123 e. The van der Waals surface area contributed by atoms with Gasteiger partial charge in [-0.1, -0.05) is 44.2 Å². The fourth-order valence-electron chi connectivity index (χ4n) is 2.34. The van der Waals surface area contributed by atoms with Gasteiger partial charge in [-0.15, -0.1) is 0 Å². The number of phenolic OH excluding ortho intramolecular Hbond substituents is 1. The van der Waals surface area contributed by atoms with Crippen molar-refractivity contribution in [2.24, 2.45) is 5.92 Å². The fourth-order valence-corrected chi connectivity index (χ4v) is 2.34. The van der Waals surface area contributed by atoms with Crippen LogP contribution in [0.3, 0.4) is 0 Å². The average Bonchev–Trinajstić information content (AvgIpc) is 2.34. The monoisotopic (exact) mass is 244 g/mol. The molecule has 0 heterocycles. The number of aromatic hydroxyl groups is 1. The van der Waals surface area contributed by atoms with E-state index in [2.05, 4.69) is 13.8 Å². The van der Waals surface area contributed by atoms with Crippen LogP contribution in [0.4, 0.5) is 4.39 Å². The Morgan fingerprint density at radius 2 is 1.56 bits per heavy atom. The molecule has 0 aromatic heterocycles. The van der Waals surface area contributed by atoms with Crippen LogP contribution in [-0.2, 0) is 0 Å². The fraction of sp³-hybridized carbons (Fsp3) is 0.250. The maximum atomic E-state index is 13.0. The Hall–Kier alpha value is -1.83. The summed E-state index contributed by atoms with van der Waals surface area (Å²) in [6, 6.07) is 13.8. The molecule has 0 fully saturated rings. The predicted octanol–water partition coefficient (Wildman–Crippen LogP) is 4.32. The van der Waals surface area contributed by atoms with E-state index in [0.717, 1.165) is 11.1 Å². The minimum atomic E-state index is -0.237. The van der Waals surface area contributed by atoms with E-state index >= 15 is 0 Å². The van der Waals surface area contributed by atoms with E-state index in [1.54, 1.807) is 24.3 Å². The van der Waals surface area contributed by atoms with Crippen molar-refractivity contribution in [2.75, 3.05) is 0 Å². The van der Waals surface area contributed by atoms with E-state index in [4.69, 9.17) is 0 Å². The van der Waals surface area contributed by atoms with Crippen LogP contribution in [0, 0.1) is 11.7 Å². The van der Waals surface area contributed by atoms with Crippen molar-refractivity contribution in [1.82, 2.24) is 0 Å². The summed E-state index contributed by atoms with van der Waals surface area (Å²) < 4.78 is 13.0. The van der Waals surface area contributed by atoms with Gasteiger partial charge in [0, 0.05) is 11.5 Å². The summed E-state index contributed by atoms with van der Waals surface area (Å²) in [5.41, 5.74) is 1.91. The van der Waals surface area contributed by atoms with E-state index in [-0.39, 0.29) is 11.7 Å². The highest BCUT2D eigenvalue weighted by Gasteiger charge is 2.20. The maximum absolute atomic E-state index is 13.0. The van der Waals surface area contributed by atoms with Gasteiger partial charge in [0.15, 0.2) is 0 Å². The molecular weight excluding hydrogens is 227 g/mol. The minimum Gasteiger partial charge on any atom is -0.508 e. The highest BCUT2D eigenvalue weighted by molar-refractivity contribution is 5.41. The Morgan fingerprint density at radius 1 is 0.944 bits per heavy atom. The molecule has 1 unspecified atom stereocenters. The first kappa shape index (κ1) is 12.6. The predicted molar refractivity (Wildman–Crippen MR) is 71.2 cm³/mol. The molecule has 0 aliphatic rings. The van der Waals surface area contributed by atoms with Gasteiger partial charge in [-0.3, -0.25) is 0 Å². The topological polar surface area (TPSA) is 20.2 Å². The van der Waals surface area contributed by atoms with Crippen LogP contribution in [0.1, 0.15) is 30.9 Å². The van der Waals surface area contributed by atoms with Gasteiger partial charge < -0.3 is 5.11 Å². The van der Waals surface area contributed by atoms with E-state index in [1.165, 1.54) is 12.1 Å². The lowest BCUT2D eigenvalue weighted by molar-refractivity contribution is 0.452. The molecule has 0 spiro atoms. The normalized spacial score (nSPS) is 12.7. The Morgan fingerprint density at radius 3 is 2.11 bits per heavy atom. The van der Waals surface area contributed by atoms with Crippen LogP contribution in [0.2, 0.25) is 0 Å². The quantitative estimate of drug-likeness (QED) is 0.852. The van der Waals surface area contributed by atoms with Crippen molar-refractivity contribution in [3.05, 3.63) is 65.5 Å². The molecule has 0 aliphatic carbocycles. The third-order valence-corrected chi connectivity index (χ3v) is 3.17. The molecule has 0 radical (unpaired) electrons. The summed E-state index contributed by atoms with van der Waals surface area (Å²) >= 11 is 0. The molecule has 18 heavy (non-hydrogen) atoms. The largest absolute Gasteiger partial charge is 0.508 e. The number of benzene rings is 2. The molecule has 0 bridgehead atoms. The lowest BCUT2D eigenvalue weighted by atomic mass is 9.82. The van der Waals surface area contributed by atoms with Crippen molar-refractivity contribution < 1.29 is 9.50 Å². The molecule has 1 N–H and O–H groups in total. The highest BCUT2D eigenvalue weighted by Crippen LogP contribution is 2.36. The second kappa shape index (κ2) is 5.21. The van der Waals surface area contributed by atoms with E-state index in [0.29, 0.717) is 11.7 Å². The van der Waals surface area contributed by atoms with E-state index in [1.807, 2.05) is 12.1 Å². The van der Waals surface area contributed by atoms with E-state index in [9.17, 15) is 9.50 Å². The molecule has 2 aromatic carbocycles. The zero-order chi connectivity index (χ0) is 13.1. The van der Waals surface area contributed by atoms with Crippen LogP contribution in [-0.4, -0.2) is 5.11 Å². The Labute approximate surface area is 107 Å². The standard InChI is InChI=1S/C16H17FO/c1-11(2)16(12-7-9-13(17)10-8-12)14-5-3-4-6-15(14)18/h3-11,16,18H,1-2H3. The number of halogens is 1. The van der Waals surface area contributed by atoms with Crippen molar-refractivity contribution in [2.45, 2.75) is 19.8 Å². The van der Waals surface area contributed by atoms with Crippen molar-refractivity contribution >= 4 is 0 Å². The summed E-state index contributed by atoms with van der Waals surface area (Å²) in [5.74, 6) is 0.453. The van der Waals surface area contributed by atoms with Crippen LogP contribution in [0.25, 0.3) is 0 Å². The van der Waals surface area contributed by atoms with Gasteiger partial charge in [0.25, 0.3) is 0 Å². The summed E-state index contributed by atoms with van der Waals surface area (Å²) in [7, 11) is 0. The van der Waals surface area contributed by atoms with Gasteiger partial charge in [0.05, 0.1) is 0 Å². The van der Waals surface area contributed by atoms with Gasteiger partial charge in [0.2, 0.25) is 0 Å². The molecular formula is C16H17FO. The molecule has 2 rings (SSSR count). The number of rotatable bonds is 3. The maximum Gasteiger partial charge on any atom is 0.123 e. The highest BCUT2D eigenvalue weighted by atomic mass is 19.1. The average molecular weight is 244 g/mol. The SMILES string of the molecule is CC(C)C(c1ccc(F)cc1)c1ccccc1O. The molecule has 94 valence electrons. The van der Waals surface area contributed by atoms with Crippen LogP contribution >= 0.6 is 0 Å². The first-order valence-electron chi connectivity index (χ1n) is 6.13. The molecule has 1 nitrogen and oxygen atoms in total. The van der Waals surface area contributed by atoms with Gasteiger partial charge in [0.1, 0.15) is 11.6 Å². The molecule has 2 heteroatoms. The van der Waals surface area contributed by atoms with Crippen molar-refractivity contribution in [3.8, 4) is 5.75 Å². The van der Waals surface area contributed by atoms with Crippen molar-refractivity contribution in [1.29, 1.82) is 0 Å². The van der Waals surface area contributed by atoms with E-state index < -0.39 is 0 Å². The van der Waals surface area contributed by atoms with Gasteiger partial charge in [-0.05, 0) is 29.7 Å². The summed E-state index contributed by atoms with van der Waals surface area (Å²) in [6.45, 7) is 4.20. The number of hydrogen-bond acceptors (Lipinski definition) is 1. The van der Waals surface area contributed by atoms with Gasteiger partial charge in [-0.2, -0.15) is 0 Å². The summed E-state index contributed by atoms with van der Waals surface area (Å²) in [4.78, 5) is 0. The van der Waals surface area contributed by atoms with Gasteiger partial charge >= 0.3 is 0 Å². The second-order valence-corrected chi connectivity index (χ2v) is 4.83. The Bertz CT molecular complexity index is 517. The first-order chi connectivity index (χ1) is 8.59. The lowest BCUT2D eigenvalue weighted by Gasteiger charge is -2.22. The first-order valence-corrected chi connectivity index (χ1v) is 6.13. The Balaban J connectivity index is 2.47. The Kier molecular flexibility index (Phi) is 3.66. The minimum absolute atomic E-state index is 0.0757. The third-order valence-electron chi connectivity index (χ3n) is 3.17. The number of para-hydroxylation sites is 1. The zero-order valence-electron chi connectivity index (χ0n) is 10.6.